The lowest BCUT2D eigenvalue weighted by molar-refractivity contribution is 0.0734. The molecule has 0 aliphatic carbocycles. The minimum Gasteiger partial charge on any atom is -0.384 e. The van der Waals surface area contributed by atoms with Gasteiger partial charge >= 0.3 is 0 Å². The zero-order valence-electron chi connectivity index (χ0n) is 17.9. The summed E-state index contributed by atoms with van der Waals surface area (Å²) in [6.45, 7) is 9.92. The Morgan fingerprint density at radius 3 is 2.33 bits per heavy atom. The van der Waals surface area contributed by atoms with Gasteiger partial charge in [0.2, 0.25) is 0 Å². The summed E-state index contributed by atoms with van der Waals surface area (Å²) in [5.74, 6) is 1.05. The molecule has 3 rings (SSSR count). The summed E-state index contributed by atoms with van der Waals surface area (Å²) in [4.78, 5) is 8.56. The third kappa shape index (κ3) is 5.07. The van der Waals surface area contributed by atoms with E-state index < -0.39 is 5.60 Å². The van der Waals surface area contributed by atoms with E-state index in [9.17, 15) is 9.50 Å². The molecule has 0 bridgehead atoms. The number of aliphatic hydroxyl groups is 1. The molecule has 0 saturated heterocycles. The predicted octanol–water partition coefficient (Wildman–Crippen LogP) is 3.83. The SMILES string of the molecule is Cc1c(NC[C@@H](C)Nc2cnc(C(C)(C)O)cn2)nnc(-c2ccc(F)cc2)c1C. The molecule has 158 valence electrons. The molecular weight excluding hydrogens is 383 g/mol. The molecule has 2 heterocycles. The number of nitrogens with one attached hydrogen (secondary N) is 2. The maximum atomic E-state index is 13.2. The molecule has 0 radical (unpaired) electrons. The van der Waals surface area contributed by atoms with Crippen molar-refractivity contribution in [3.05, 3.63) is 59.3 Å². The first-order valence-corrected chi connectivity index (χ1v) is 9.80. The van der Waals surface area contributed by atoms with Crippen molar-refractivity contribution in [3.63, 3.8) is 0 Å². The third-order valence-electron chi connectivity index (χ3n) is 4.89. The van der Waals surface area contributed by atoms with Gasteiger partial charge in [0, 0.05) is 18.2 Å². The molecule has 3 N–H and O–H groups in total. The lowest BCUT2D eigenvalue weighted by Crippen LogP contribution is -2.26. The molecule has 1 atom stereocenters. The highest BCUT2D eigenvalue weighted by Gasteiger charge is 2.18. The van der Waals surface area contributed by atoms with Crippen molar-refractivity contribution in [1.29, 1.82) is 0 Å². The third-order valence-corrected chi connectivity index (χ3v) is 4.89. The Hall–Kier alpha value is -3.13. The smallest absolute Gasteiger partial charge is 0.151 e. The lowest BCUT2D eigenvalue weighted by atomic mass is 10.0. The summed E-state index contributed by atoms with van der Waals surface area (Å²) in [5, 5.41) is 25.2. The zero-order valence-corrected chi connectivity index (χ0v) is 17.9. The standard InChI is InChI=1S/C22H27FN6O/c1-13(27-19-12-24-18(11-25-19)22(4,5)30)10-26-21-15(3)14(2)20(28-29-21)16-6-8-17(23)9-7-16/h6-9,11-13,30H,10H2,1-5H3,(H,25,27)(H,26,29)/t13-/m1/s1. The van der Waals surface area contributed by atoms with Crippen molar-refractivity contribution in [2.45, 2.75) is 46.3 Å². The maximum absolute atomic E-state index is 13.2. The van der Waals surface area contributed by atoms with Crippen LogP contribution in [0.15, 0.2) is 36.7 Å². The van der Waals surface area contributed by atoms with Crippen LogP contribution in [0.5, 0.6) is 0 Å². The highest BCUT2D eigenvalue weighted by Crippen LogP contribution is 2.26. The largest absolute Gasteiger partial charge is 0.384 e. The van der Waals surface area contributed by atoms with Crippen LogP contribution in [0.2, 0.25) is 0 Å². The predicted molar refractivity (Wildman–Crippen MR) is 116 cm³/mol. The van der Waals surface area contributed by atoms with Crippen LogP contribution >= 0.6 is 0 Å². The van der Waals surface area contributed by atoms with Gasteiger partial charge in [-0.25, -0.2) is 9.37 Å². The molecule has 1 aromatic carbocycles. The van der Waals surface area contributed by atoms with Crippen LogP contribution in [0.1, 0.15) is 37.6 Å². The van der Waals surface area contributed by atoms with E-state index in [0.717, 1.165) is 22.4 Å². The number of benzene rings is 1. The van der Waals surface area contributed by atoms with E-state index in [2.05, 4.69) is 30.8 Å². The molecule has 0 aliphatic rings. The van der Waals surface area contributed by atoms with Gasteiger partial charge in [-0.2, -0.15) is 0 Å². The van der Waals surface area contributed by atoms with Crippen LogP contribution in [0.3, 0.4) is 0 Å². The number of rotatable bonds is 7. The van der Waals surface area contributed by atoms with Crippen molar-refractivity contribution in [1.82, 2.24) is 20.2 Å². The summed E-state index contributed by atoms with van der Waals surface area (Å²) in [5.41, 5.74) is 3.05. The van der Waals surface area contributed by atoms with Gasteiger partial charge < -0.3 is 15.7 Å². The van der Waals surface area contributed by atoms with Gasteiger partial charge in [0.1, 0.15) is 17.2 Å². The van der Waals surface area contributed by atoms with Gasteiger partial charge in [0.25, 0.3) is 0 Å². The molecule has 0 saturated carbocycles. The number of nitrogens with zero attached hydrogens (tertiary/aromatic N) is 4. The van der Waals surface area contributed by atoms with Crippen LogP contribution in [0.4, 0.5) is 16.0 Å². The van der Waals surface area contributed by atoms with Crippen LogP contribution in [0.25, 0.3) is 11.3 Å². The zero-order chi connectivity index (χ0) is 21.9. The summed E-state index contributed by atoms with van der Waals surface area (Å²) in [6, 6.07) is 6.29. The minimum atomic E-state index is -1.02. The molecule has 0 spiro atoms. The second-order valence-corrected chi connectivity index (χ2v) is 7.93. The summed E-state index contributed by atoms with van der Waals surface area (Å²) in [6.07, 6.45) is 3.17. The Kier molecular flexibility index (Phi) is 6.26. The highest BCUT2D eigenvalue weighted by molar-refractivity contribution is 5.66. The first kappa shape index (κ1) is 21.6. The van der Waals surface area contributed by atoms with E-state index in [4.69, 9.17) is 0 Å². The van der Waals surface area contributed by atoms with Gasteiger partial charge in [0.15, 0.2) is 5.82 Å². The molecule has 2 aromatic heterocycles. The minimum absolute atomic E-state index is 0.0468. The molecule has 0 unspecified atom stereocenters. The van der Waals surface area contributed by atoms with E-state index in [1.165, 1.54) is 12.1 Å². The van der Waals surface area contributed by atoms with Crippen LogP contribution in [-0.4, -0.2) is 37.9 Å². The monoisotopic (exact) mass is 410 g/mol. The molecule has 0 amide bonds. The van der Waals surface area contributed by atoms with Gasteiger partial charge in [0.05, 0.1) is 23.8 Å². The quantitative estimate of drug-likeness (QED) is 0.545. The fraction of sp³-hybridized carbons (Fsp3) is 0.364. The van der Waals surface area contributed by atoms with Gasteiger partial charge in [-0.3, -0.25) is 4.98 Å². The maximum Gasteiger partial charge on any atom is 0.151 e. The van der Waals surface area contributed by atoms with E-state index in [-0.39, 0.29) is 11.9 Å². The second kappa shape index (κ2) is 8.71. The Bertz CT molecular complexity index is 1000. The number of anilines is 2. The van der Waals surface area contributed by atoms with Gasteiger partial charge in [-0.1, -0.05) is 0 Å². The average Bonchev–Trinajstić information content (AvgIpc) is 2.70. The van der Waals surface area contributed by atoms with Crippen LogP contribution in [-0.2, 0) is 5.60 Å². The molecule has 7 nitrogen and oxygen atoms in total. The Morgan fingerprint density at radius 2 is 1.73 bits per heavy atom. The molecule has 30 heavy (non-hydrogen) atoms. The van der Waals surface area contributed by atoms with E-state index in [1.807, 2.05) is 20.8 Å². The van der Waals surface area contributed by atoms with Crippen LogP contribution < -0.4 is 10.6 Å². The fourth-order valence-corrected chi connectivity index (χ4v) is 2.93. The fourth-order valence-electron chi connectivity index (χ4n) is 2.93. The summed E-state index contributed by atoms with van der Waals surface area (Å²) in [7, 11) is 0. The van der Waals surface area contributed by atoms with Crippen molar-refractivity contribution >= 4 is 11.6 Å². The van der Waals surface area contributed by atoms with Crippen LogP contribution in [0, 0.1) is 19.7 Å². The van der Waals surface area contributed by atoms with Crippen molar-refractivity contribution < 1.29 is 9.50 Å². The molecule has 8 heteroatoms. The van der Waals surface area contributed by atoms with E-state index >= 15 is 0 Å². The highest BCUT2D eigenvalue weighted by atomic mass is 19.1. The van der Waals surface area contributed by atoms with Gasteiger partial charge in [-0.15, -0.1) is 10.2 Å². The van der Waals surface area contributed by atoms with Crippen molar-refractivity contribution in [3.8, 4) is 11.3 Å². The van der Waals surface area contributed by atoms with Gasteiger partial charge in [-0.05, 0) is 70.0 Å². The van der Waals surface area contributed by atoms with E-state index in [0.29, 0.717) is 23.9 Å². The summed E-state index contributed by atoms with van der Waals surface area (Å²) < 4.78 is 13.2. The van der Waals surface area contributed by atoms with Crippen molar-refractivity contribution in [2.75, 3.05) is 17.2 Å². The summed E-state index contributed by atoms with van der Waals surface area (Å²) >= 11 is 0. The Morgan fingerprint density at radius 1 is 1.03 bits per heavy atom. The number of halogens is 1. The molecule has 0 aliphatic heterocycles. The molecular formula is C22H27FN6O. The normalized spacial score (nSPS) is 12.5. The average molecular weight is 410 g/mol. The first-order chi connectivity index (χ1) is 14.1. The Labute approximate surface area is 175 Å². The van der Waals surface area contributed by atoms with E-state index in [1.54, 1.807) is 38.4 Å². The molecule has 0 fully saturated rings. The number of hydrogen-bond donors (Lipinski definition) is 3. The topological polar surface area (TPSA) is 95.9 Å². The Balaban J connectivity index is 1.64. The first-order valence-electron chi connectivity index (χ1n) is 9.80. The molecule has 3 aromatic rings. The lowest BCUT2D eigenvalue weighted by Gasteiger charge is -2.19. The second-order valence-electron chi connectivity index (χ2n) is 7.93. The van der Waals surface area contributed by atoms with Crippen molar-refractivity contribution in [2.24, 2.45) is 0 Å². The number of hydrogen-bond acceptors (Lipinski definition) is 7. The number of aromatic nitrogens is 4.